The molecule has 7 nitrogen and oxygen atoms in total. The Balaban J connectivity index is 1.61. The average Bonchev–Trinajstić information content (AvgIpc) is 3.01. The number of aryl methyl sites for hydroxylation is 2. The summed E-state index contributed by atoms with van der Waals surface area (Å²) >= 11 is 1.28. The number of sulfonamides is 1. The number of nitrogens with one attached hydrogen (secondary N) is 2. The van der Waals surface area contributed by atoms with Crippen molar-refractivity contribution in [3.8, 4) is 0 Å². The third-order valence-corrected chi connectivity index (χ3v) is 6.22. The smallest absolute Gasteiger partial charge is 0.238 e. The fraction of sp³-hybridized carbons (Fsp3) is 0.200. The molecular formula is C20H22N4O3S2. The highest BCUT2D eigenvalue weighted by Crippen LogP contribution is 2.21. The van der Waals surface area contributed by atoms with Crippen LogP contribution in [0, 0.1) is 13.8 Å². The number of amides is 1. The van der Waals surface area contributed by atoms with E-state index in [9.17, 15) is 13.2 Å². The zero-order valence-electron chi connectivity index (χ0n) is 16.1. The Morgan fingerprint density at radius 3 is 2.59 bits per heavy atom. The number of imidazole rings is 1. The van der Waals surface area contributed by atoms with E-state index < -0.39 is 10.0 Å². The summed E-state index contributed by atoms with van der Waals surface area (Å²) in [5.41, 5.74) is 3.98. The van der Waals surface area contributed by atoms with Gasteiger partial charge in [0.05, 0.1) is 16.3 Å². The molecule has 152 valence electrons. The number of thioether (sulfide) groups is 1. The SMILES string of the molecule is Cc1ccc(NC(=O)CSc2nc(Cc3ccccc3)c(C)[nH]2)cc1S(N)(=O)=O. The van der Waals surface area contributed by atoms with Crippen LogP contribution in [-0.2, 0) is 21.2 Å². The molecule has 3 aromatic rings. The molecule has 2 aromatic carbocycles. The predicted octanol–water partition coefficient (Wildman–Crippen LogP) is 3.00. The van der Waals surface area contributed by atoms with Crippen LogP contribution in [0.5, 0.6) is 0 Å². The summed E-state index contributed by atoms with van der Waals surface area (Å²) in [5, 5.41) is 8.56. The van der Waals surface area contributed by atoms with Gasteiger partial charge in [0.1, 0.15) is 0 Å². The van der Waals surface area contributed by atoms with Crippen LogP contribution in [0.25, 0.3) is 0 Å². The Morgan fingerprint density at radius 2 is 1.90 bits per heavy atom. The van der Waals surface area contributed by atoms with E-state index in [4.69, 9.17) is 5.14 Å². The minimum Gasteiger partial charge on any atom is -0.337 e. The lowest BCUT2D eigenvalue weighted by atomic mass is 10.1. The lowest BCUT2D eigenvalue weighted by Crippen LogP contribution is -2.17. The summed E-state index contributed by atoms with van der Waals surface area (Å²) < 4.78 is 23.2. The Kier molecular flexibility index (Phi) is 6.41. The Morgan fingerprint density at radius 1 is 1.17 bits per heavy atom. The van der Waals surface area contributed by atoms with Crippen molar-refractivity contribution in [1.29, 1.82) is 0 Å². The lowest BCUT2D eigenvalue weighted by Gasteiger charge is -2.08. The number of primary sulfonamides is 1. The van der Waals surface area contributed by atoms with Crippen molar-refractivity contribution < 1.29 is 13.2 Å². The van der Waals surface area contributed by atoms with Gasteiger partial charge < -0.3 is 10.3 Å². The number of aromatic nitrogens is 2. The standard InChI is InChI=1S/C20H22N4O3S2/c1-13-8-9-16(11-18(13)29(21,26)27)23-19(25)12-28-20-22-14(2)17(24-20)10-15-6-4-3-5-7-15/h3-9,11H,10,12H2,1-2H3,(H,22,24)(H,23,25)(H2,21,26,27). The number of nitrogens with zero attached hydrogens (tertiary/aromatic N) is 1. The Hall–Kier alpha value is -2.62. The molecule has 1 amide bonds. The molecule has 0 aliphatic heterocycles. The fourth-order valence-electron chi connectivity index (χ4n) is 2.81. The number of carbonyl (C=O) groups is 1. The van der Waals surface area contributed by atoms with E-state index in [0.29, 0.717) is 16.4 Å². The van der Waals surface area contributed by atoms with Crippen LogP contribution in [0.2, 0.25) is 0 Å². The van der Waals surface area contributed by atoms with Gasteiger partial charge in [0.15, 0.2) is 5.16 Å². The van der Waals surface area contributed by atoms with Crippen molar-refractivity contribution >= 4 is 33.4 Å². The molecule has 0 saturated heterocycles. The van der Waals surface area contributed by atoms with Crippen LogP contribution in [0.3, 0.4) is 0 Å². The van der Waals surface area contributed by atoms with Gasteiger partial charge in [0.2, 0.25) is 15.9 Å². The first-order valence-corrected chi connectivity index (χ1v) is 11.4. The zero-order valence-corrected chi connectivity index (χ0v) is 17.7. The van der Waals surface area contributed by atoms with E-state index in [-0.39, 0.29) is 16.6 Å². The van der Waals surface area contributed by atoms with Crippen molar-refractivity contribution in [1.82, 2.24) is 9.97 Å². The van der Waals surface area contributed by atoms with Gasteiger partial charge in [-0.25, -0.2) is 18.5 Å². The van der Waals surface area contributed by atoms with Crippen molar-refractivity contribution in [2.75, 3.05) is 11.1 Å². The van der Waals surface area contributed by atoms with Gasteiger partial charge in [-0.05, 0) is 37.1 Å². The van der Waals surface area contributed by atoms with Crippen molar-refractivity contribution in [2.24, 2.45) is 5.14 Å². The van der Waals surface area contributed by atoms with E-state index in [2.05, 4.69) is 15.3 Å². The maximum atomic E-state index is 12.3. The molecule has 29 heavy (non-hydrogen) atoms. The lowest BCUT2D eigenvalue weighted by molar-refractivity contribution is -0.113. The summed E-state index contributed by atoms with van der Waals surface area (Å²) in [5.74, 6) is -0.131. The summed E-state index contributed by atoms with van der Waals surface area (Å²) in [6, 6.07) is 14.7. The summed E-state index contributed by atoms with van der Waals surface area (Å²) in [6.07, 6.45) is 0.718. The molecule has 0 bridgehead atoms. The third kappa shape index (κ3) is 5.69. The maximum absolute atomic E-state index is 12.3. The van der Waals surface area contributed by atoms with Crippen molar-refractivity contribution in [2.45, 2.75) is 30.3 Å². The molecule has 0 atom stereocenters. The summed E-state index contributed by atoms with van der Waals surface area (Å²) in [4.78, 5) is 20.0. The monoisotopic (exact) mass is 430 g/mol. The van der Waals surface area contributed by atoms with Crippen LogP contribution >= 0.6 is 11.8 Å². The van der Waals surface area contributed by atoms with Crippen LogP contribution < -0.4 is 10.5 Å². The highest BCUT2D eigenvalue weighted by atomic mass is 32.2. The minimum atomic E-state index is -3.85. The maximum Gasteiger partial charge on any atom is 0.238 e. The van der Waals surface area contributed by atoms with Gasteiger partial charge >= 0.3 is 0 Å². The molecule has 0 fully saturated rings. The highest BCUT2D eigenvalue weighted by molar-refractivity contribution is 7.99. The molecule has 4 N–H and O–H groups in total. The number of anilines is 1. The van der Waals surface area contributed by atoms with Crippen LogP contribution in [0.1, 0.15) is 22.5 Å². The third-order valence-electron chi connectivity index (χ3n) is 4.30. The predicted molar refractivity (Wildman–Crippen MR) is 114 cm³/mol. The number of aromatic amines is 1. The first-order valence-electron chi connectivity index (χ1n) is 8.88. The number of nitrogens with two attached hydrogens (primary N) is 1. The molecule has 9 heteroatoms. The van der Waals surface area contributed by atoms with E-state index in [0.717, 1.165) is 17.8 Å². The van der Waals surface area contributed by atoms with Gasteiger partial charge in [0, 0.05) is 17.8 Å². The molecule has 1 aromatic heterocycles. The van der Waals surface area contributed by atoms with E-state index in [1.165, 1.54) is 23.4 Å². The fourth-order valence-corrected chi connectivity index (χ4v) is 4.36. The van der Waals surface area contributed by atoms with Gasteiger partial charge in [-0.3, -0.25) is 4.79 Å². The summed E-state index contributed by atoms with van der Waals surface area (Å²) in [7, 11) is -3.85. The quantitative estimate of drug-likeness (QED) is 0.498. The second kappa shape index (κ2) is 8.81. The molecule has 0 aliphatic carbocycles. The Labute approximate surface area is 174 Å². The molecule has 1 heterocycles. The van der Waals surface area contributed by atoms with Gasteiger partial charge in [-0.2, -0.15) is 0 Å². The number of carbonyl (C=O) groups excluding carboxylic acids is 1. The molecule has 3 rings (SSSR count). The molecule has 0 radical (unpaired) electrons. The highest BCUT2D eigenvalue weighted by Gasteiger charge is 2.14. The number of hydrogen-bond donors (Lipinski definition) is 3. The van der Waals surface area contributed by atoms with Gasteiger partial charge in [0.25, 0.3) is 0 Å². The molecule has 0 unspecified atom stereocenters. The number of rotatable bonds is 7. The zero-order chi connectivity index (χ0) is 21.0. The van der Waals surface area contributed by atoms with Crippen LogP contribution in [0.4, 0.5) is 5.69 Å². The van der Waals surface area contributed by atoms with E-state index in [1.807, 2.05) is 37.3 Å². The first-order chi connectivity index (χ1) is 13.7. The van der Waals surface area contributed by atoms with Crippen LogP contribution in [-0.4, -0.2) is 30.0 Å². The number of hydrogen-bond acceptors (Lipinski definition) is 5. The number of H-pyrrole nitrogens is 1. The minimum absolute atomic E-state index is 0.00448. The van der Waals surface area contributed by atoms with Gasteiger partial charge in [-0.1, -0.05) is 48.2 Å². The molecular weight excluding hydrogens is 408 g/mol. The second-order valence-corrected chi connectivity index (χ2v) is 9.13. The molecule has 0 aliphatic rings. The van der Waals surface area contributed by atoms with Crippen LogP contribution in [0.15, 0.2) is 58.6 Å². The Bertz CT molecular complexity index is 1130. The normalized spacial score (nSPS) is 11.4. The number of benzene rings is 2. The van der Waals surface area contributed by atoms with E-state index in [1.54, 1.807) is 19.1 Å². The summed E-state index contributed by atoms with van der Waals surface area (Å²) in [6.45, 7) is 3.60. The first kappa shape index (κ1) is 21.1. The molecule has 0 saturated carbocycles. The molecule has 0 spiro atoms. The van der Waals surface area contributed by atoms with E-state index >= 15 is 0 Å². The van der Waals surface area contributed by atoms with Crippen molar-refractivity contribution in [3.05, 3.63) is 71.0 Å². The van der Waals surface area contributed by atoms with Gasteiger partial charge in [-0.15, -0.1) is 0 Å². The average molecular weight is 431 g/mol. The largest absolute Gasteiger partial charge is 0.337 e. The topological polar surface area (TPSA) is 118 Å². The second-order valence-electron chi connectivity index (χ2n) is 6.64. The van der Waals surface area contributed by atoms with Crippen molar-refractivity contribution in [3.63, 3.8) is 0 Å².